The molecule has 3 rings (SSSR count). The monoisotopic (exact) mass is 441 g/mol. The van der Waals surface area contributed by atoms with Crippen LogP contribution in [-0.2, 0) is 23.1 Å². The molecule has 0 aliphatic carbocycles. The first kappa shape index (κ1) is 23.9. The number of ether oxygens (including phenoxy) is 1. The lowest BCUT2D eigenvalue weighted by atomic mass is 10.0. The fourth-order valence-electron chi connectivity index (χ4n) is 4.29. The van der Waals surface area contributed by atoms with E-state index in [-0.39, 0.29) is 24.6 Å². The Hall–Kier alpha value is -2.71. The summed E-state index contributed by atoms with van der Waals surface area (Å²) < 4.78 is 6.58. The quantitative estimate of drug-likeness (QED) is 0.571. The number of aryl methyl sites for hydroxylation is 1. The van der Waals surface area contributed by atoms with Crippen molar-refractivity contribution in [3.05, 3.63) is 47.7 Å². The molecule has 2 aromatic rings. The normalized spacial score (nSPS) is 16.8. The average molecular weight is 442 g/mol. The molecule has 1 fully saturated rings. The van der Waals surface area contributed by atoms with Crippen molar-refractivity contribution in [1.29, 1.82) is 0 Å². The molecule has 1 aromatic heterocycles. The van der Waals surface area contributed by atoms with E-state index < -0.39 is 5.97 Å². The number of rotatable bonds is 10. The molecule has 1 N–H and O–H groups in total. The molecule has 8 heteroatoms. The molecule has 32 heavy (non-hydrogen) atoms. The van der Waals surface area contributed by atoms with Crippen LogP contribution in [0.3, 0.4) is 0 Å². The minimum absolute atomic E-state index is 0.146. The summed E-state index contributed by atoms with van der Waals surface area (Å²) in [5.74, 6) is -0.253. The molecule has 1 unspecified atom stereocenters. The molecule has 0 spiro atoms. The Morgan fingerprint density at radius 1 is 1.25 bits per heavy atom. The van der Waals surface area contributed by atoms with Gasteiger partial charge in [-0.15, -0.1) is 0 Å². The van der Waals surface area contributed by atoms with E-state index in [1.165, 1.54) is 16.4 Å². The van der Waals surface area contributed by atoms with Gasteiger partial charge in [0.05, 0.1) is 19.3 Å². The molecular formula is C24H35N5O3. The number of piperidine rings is 1. The predicted octanol–water partition coefficient (Wildman–Crippen LogP) is 2.91. The van der Waals surface area contributed by atoms with E-state index in [0.717, 1.165) is 45.4 Å². The van der Waals surface area contributed by atoms with Crippen molar-refractivity contribution in [2.45, 2.75) is 45.7 Å². The van der Waals surface area contributed by atoms with Crippen molar-refractivity contribution < 1.29 is 14.3 Å². The van der Waals surface area contributed by atoms with Crippen molar-refractivity contribution in [3.8, 4) is 0 Å². The summed E-state index contributed by atoms with van der Waals surface area (Å²) in [5, 5.41) is 6.99. The highest BCUT2D eigenvalue weighted by Crippen LogP contribution is 2.20. The average Bonchev–Trinajstić information content (AvgIpc) is 3.14. The third-order valence-electron chi connectivity index (χ3n) is 5.80. The van der Waals surface area contributed by atoms with Crippen molar-refractivity contribution in [3.63, 3.8) is 0 Å². The van der Waals surface area contributed by atoms with Crippen LogP contribution in [-0.4, -0.2) is 70.3 Å². The van der Waals surface area contributed by atoms with Gasteiger partial charge in [0.1, 0.15) is 11.4 Å². The van der Waals surface area contributed by atoms with E-state index in [1.807, 2.05) is 6.07 Å². The van der Waals surface area contributed by atoms with E-state index in [9.17, 15) is 9.59 Å². The maximum atomic E-state index is 12.9. The minimum atomic E-state index is -0.481. The van der Waals surface area contributed by atoms with Crippen LogP contribution in [0.4, 0.5) is 5.82 Å². The lowest BCUT2D eigenvalue weighted by Crippen LogP contribution is -2.50. The smallest absolute Gasteiger partial charge is 0.343 e. The fourth-order valence-corrected chi connectivity index (χ4v) is 4.29. The number of likely N-dealkylation sites (tertiary alicyclic amines) is 1. The SMILES string of the molecule is CCCN(CC(=O)Nc1c(C(=O)OCC)cnn1C)C1CCCN(Cc2ccccc2)C1. The Morgan fingerprint density at radius 2 is 2.03 bits per heavy atom. The van der Waals surface area contributed by atoms with Crippen LogP contribution < -0.4 is 5.32 Å². The largest absolute Gasteiger partial charge is 0.462 e. The molecule has 1 aromatic carbocycles. The van der Waals surface area contributed by atoms with Crippen LogP contribution in [0.2, 0.25) is 0 Å². The number of hydrogen-bond donors (Lipinski definition) is 1. The summed E-state index contributed by atoms with van der Waals surface area (Å²) in [5.41, 5.74) is 1.59. The lowest BCUT2D eigenvalue weighted by Gasteiger charge is -2.39. The van der Waals surface area contributed by atoms with Crippen LogP contribution in [0.25, 0.3) is 0 Å². The standard InChI is InChI=1S/C24H35N5O3/c1-4-13-29(20-12-9-14-28(17-20)16-19-10-7-6-8-11-19)18-22(30)26-23-21(15-25-27(23)3)24(31)32-5-2/h6-8,10-11,15,20H,4-5,9,12-14,16-18H2,1-3H3,(H,26,30). The Balaban J connectivity index is 1.63. The molecule has 1 aliphatic rings. The summed E-state index contributed by atoms with van der Waals surface area (Å²) in [6, 6.07) is 10.8. The highest BCUT2D eigenvalue weighted by atomic mass is 16.5. The predicted molar refractivity (Wildman–Crippen MR) is 124 cm³/mol. The lowest BCUT2D eigenvalue weighted by molar-refractivity contribution is -0.118. The molecule has 8 nitrogen and oxygen atoms in total. The van der Waals surface area contributed by atoms with Crippen LogP contribution in [0.15, 0.2) is 36.5 Å². The number of carbonyl (C=O) groups excluding carboxylic acids is 2. The van der Waals surface area contributed by atoms with Gasteiger partial charge in [0, 0.05) is 26.2 Å². The number of carbonyl (C=O) groups is 2. The summed E-state index contributed by atoms with van der Waals surface area (Å²) in [6.45, 7) is 8.25. The second kappa shape index (κ2) is 11.8. The van der Waals surface area contributed by atoms with Gasteiger partial charge in [0.25, 0.3) is 0 Å². The maximum absolute atomic E-state index is 12.9. The van der Waals surface area contributed by atoms with Crippen molar-refractivity contribution >= 4 is 17.7 Å². The number of nitrogens with one attached hydrogen (secondary N) is 1. The second-order valence-corrected chi connectivity index (χ2v) is 8.29. The van der Waals surface area contributed by atoms with E-state index in [2.05, 4.69) is 51.4 Å². The minimum Gasteiger partial charge on any atom is -0.462 e. The first-order valence-corrected chi connectivity index (χ1v) is 11.5. The molecule has 1 aliphatic heterocycles. The van der Waals surface area contributed by atoms with Crippen molar-refractivity contribution in [2.24, 2.45) is 7.05 Å². The highest BCUT2D eigenvalue weighted by molar-refractivity contribution is 6.00. The molecule has 1 saturated heterocycles. The molecule has 0 bridgehead atoms. The number of benzene rings is 1. The summed E-state index contributed by atoms with van der Waals surface area (Å²) in [4.78, 5) is 29.9. The van der Waals surface area contributed by atoms with Gasteiger partial charge in [-0.25, -0.2) is 4.79 Å². The fraction of sp³-hybridized carbons (Fsp3) is 0.542. The van der Waals surface area contributed by atoms with Crippen LogP contribution in [0.1, 0.15) is 49.0 Å². The second-order valence-electron chi connectivity index (χ2n) is 8.29. The number of nitrogens with zero attached hydrogens (tertiary/aromatic N) is 4. The topological polar surface area (TPSA) is 79.7 Å². The Morgan fingerprint density at radius 3 is 2.75 bits per heavy atom. The number of esters is 1. The van der Waals surface area contributed by atoms with Crippen molar-refractivity contribution in [1.82, 2.24) is 19.6 Å². The first-order chi connectivity index (χ1) is 15.5. The number of aromatic nitrogens is 2. The van der Waals surface area contributed by atoms with E-state index >= 15 is 0 Å². The molecule has 0 radical (unpaired) electrons. The summed E-state index contributed by atoms with van der Waals surface area (Å²) in [6.07, 6.45) is 4.61. The van der Waals surface area contributed by atoms with Gasteiger partial charge in [-0.2, -0.15) is 5.10 Å². The number of hydrogen-bond acceptors (Lipinski definition) is 6. The van der Waals surface area contributed by atoms with Crippen LogP contribution in [0, 0.1) is 0 Å². The van der Waals surface area contributed by atoms with Crippen molar-refractivity contribution in [2.75, 3.05) is 38.1 Å². The Bertz CT molecular complexity index is 883. The zero-order valence-corrected chi connectivity index (χ0v) is 19.4. The third kappa shape index (κ3) is 6.40. The maximum Gasteiger partial charge on any atom is 0.343 e. The molecule has 2 heterocycles. The molecule has 0 saturated carbocycles. The van der Waals surface area contributed by atoms with Crippen LogP contribution in [0.5, 0.6) is 0 Å². The van der Waals surface area contributed by atoms with Crippen LogP contribution >= 0.6 is 0 Å². The van der Waals surface area contributed by atoms with Gasteiger partial charge in [0.2, 0.25) is 5.91 Å². The van der Waals surface area contributed by atoms with E-state index in [1.54, 1.807) is 14.0 Å². The van der Waals surface area contributed by atoms with Gasteiger partial charge in [-0.05, 0) is 44.8 Å². The van der Waals surface area contributed by atoms with Gasteiger partial charge in [0.15, 0.2) is 0 Å². The van der Waals surface area contributed by atoms with Gasteiger partial charge in [-0.3, -0.25) is 19.3 Å². The first-order valence-electron chi connectivity index (χ1n) is 11.5. The molecule has 174 valence electrons. The molecular weight excluding hydrogens is 406 g/mol. The Kier molecular flexibility index (Phi) is 8.81. The highest BCUT2D eigenvalue weighted by Gasteiger charge is 2.27. The van der Waals surface area contributed by atoms with E-state index in [4.69, 9.17) is 4.74 Å². The molecule has 1 atom stereocenters. The third-order valence-corrected chi connectivity index (χ3v) is 5.80. The Labute approximate surface area is 190 Å². The summed E-state index contributed by atoms with van der Waals surface area (Å²) in [7, 11) is 1.70. The summed E-state index contributed by atoms with van der Waals surface area (Å²) >= 11 is 0. The zero-order valence-electron chi connectivity index (χ0n) is 19.4. The van der Waals surface area contributed by atoms with Gasteiger partial charge < -0.3 is 10.1 Å². The van der Waals surface area contributed by atoms with Gasteiger partial charge in [-0.1, -0.05) is 37.3 Å². The zero-order chi connectivity index (χ0) is 22.9. The van der Waals surface area contributed by atoms with Gasteiger partial charge >= 0.3 is 5.97 Å². The number of amides is 1. The molecule has 1 amide bonds. The van der Waals surface area contributed by atoms with E-state index in [0.29, 0.717) is 11.9 Å². The number of anilines is 1.